The Morgan fingerprint density at radius 2 is 0.906 bits per heavy atom. The Balaban J connectivity index is 0.000000162. The Bertz CT molecular complexity index is 2700. The molecule has 2 N–H and O–H groups in total. The van der Waals surface area contributed by atoms with Crippen LogP contribution in [0.3, 0.4) is 0 Å². The summed E-state index contributed by atoms with van der Waals surface area (Å²) in [6, 6.07) is 42.2. The van der Waals surface area contributed by atoms with Crippen LogP contribution >= 0.6 is 0 Å². The van der Waals surface area contributed by atoms with Crippen molar-refractivity contribution in [1.29, 1.82) is 0 Å². The molecule has 2 spiro atoms. The normalized spacial score (nSPS) is 23.6. The maximum absolute atomic E-state index is 14.2. The number of carboxylic acids is 2. The molecule has 2 heterocycles. The van der Waals surface area contributed by atoms with Gasteiger partial charge in [-0.25, -0.2) is 18.4 Å². The molecule has 4 aliphatic rings. The lowest BCUT2D eigenvalue weighted by Gasteiger charge is -2.27. The molecule has 2 aliphatic heterocycles. The van der Waals surface area contributed by atoms with E-state index in [1.54, 1.807) is 70.5 Å². The topological polar surface area (TPSA) is 115 Å². The number of nitrogens with zero attached hydrogens (tertiary/aromatic N) is 2. The number of hydrogen-bond donors (Lipinski definition) is 2. The van der Waals surface area contributed by atoms with Crippen molar-refractivity contribution in [2.45, 2.75) is 75.3 Å². The van der Waals surface area contributed by atoms with Crippen molar-refractivity contribution in [1.82, 2.24) is 0 Å². The first-order chi connectivity index (χ1) is 30.6. The predicted molar refractivity (Wildman–Crippen MR) is 240 cm³/mol. The minimum absolute atomic E-state index is 0.00242. The van der Waals surface area contributed by atoms with Crippen LogP contribution in [0.4, 0.5) is 20.2 Å². The highest BCUT2D eigenvalue weighted by atomic mass is 19.1. The van der Waals surface area contributed by atoms with Crippen molar-refractivity contribution in [3.05, 3.63) is 202 Å². The third kappa shape index (κ3) is 6.20. The summed E-state index contributed by atoms with van der Waals surface area (Å²) < 4.78 is 28.4. The number of para-hydroxylation sites is 2. The number of benzene rings is 6. The molecule has 2 aliphatic carbocycles. The van der Waals surface area contributed by atoms with Crippen LogP contribution in [0.25, 0.3) is 0 Å². The van der Waals surface area contributed by atoms with Crippen LogP contribution in [0.5, 0.6) is 0 Å². The molecule has 4 atom stereocenters. The second-order valence-corrected chi connectivity index (χ2v) is 18.3. The molecule has 2 amide bonds. The molecule has 10 rings (SSSR count). The lowest BCUT2D eigenvalue weighted by Crippen LogP contribution is -2.38. The van der Waals surface area contributed by atoms with Crippen molar-refractivity contribution in [2.75, 3.05) is 9.80 Å². The summed E-state index contributed by atoms with van der Waals surface area (Å²) >= 11 is 0. The minimum atomic E-state index is -0.997. The Morgan fingerprint density at radius 3 is 1.27 bits per heavy atom. The standard InChI is InChI=1S/2C27H24FNO3/c2*1-17(2)26(20-9-6-10-21(28)14-20)16-27(26)22-11-3-4-12-23(22)29(25(27)32)15-18-7-5-8-19(13-18)24(30)31/h2*3-14,17H,15-16H2,1-2H3,(H,30,31)/t2*26-,27-/m10/s1. The fraction of sp³-hybridized carbons (Fsp3) is 0.259. The monoisotopic (exact) mass is 858 g/mol. The summed E-state index contributed by atoms with van der Waals surface area (Å²) in [5.41, 5.74) is 4.78. The molecule has 64 heavy (non-hydrogen) atoms. The lowest BCUT2D eigenvalue weighted by molar-refractivity contribution is -0.121. The van der Waals surface area contributed by atoms with Gasteiger partial charge >= 0.3 is 11.9 Å². The first-order valence-electron chi connectivity index (χ1n) is 21.6. The number of carbonyl (C=O) groups is 4. The Kier molecular flexibility index (Phi) is 10.2. The summed E-state index contributed by atoms with van der Waals surface area (Å²) in [5.74, 6) is -2.36. The second kappa shape index (κ2) is 15.4. The van der Waals surface area contributed by atoms with Gasteiger partial charge in [-0.05, 0) is 119 Å². The van der Waals surface area contributed by atoms with E-state index in [0.717, 1.165) is 44.8 Å². The van der Waals surface area contributed by atoms with E-state index >= 15 is 0 Å². The molecule has 6 aromatic rings. The zero-order valence-corrected chi connectivity index (χ0v) is 36.0. The van der Waals surface area contributed by atoms with Gasteiger partial charge in [0.2, 0.25) is 11.8 Å². The second-order valence-electron chi connectivity index (χ2n) is 18.3. The summed E-state index contributed by atoms with van der Waals surface area (Å²) in [6.07, 6.45) is 1.26. The van der Waals surface area contributed by atoms with Crippen LogP contribution < -0.4 is 9.80 Å². The third-order valence-corrected chi connectivity index (χ3v) is 14.6. The van der Waals surface area contributed by atoms with Gasteiger partial charge in [-0.2, -0.15) is 0 Å². The molecule has 0 saturated heterocycles. The SMILES string of the molecule is CC(C)[C@@]1(c2cccc(F)c2)C[C@@]12C(=O)N(Cc1cccc(C(=O)O)c1)c1ccccc12.CC(C)[C@]1(c2cccc(F)c2)C[C@]12C(=O)N(Cc1cccc(C(=O)O)c1)c1ccccc12. The lowest BCUT2D eigenvalue weighted by atomic mass is 9.75. The molecule has 10 heteroatoms. The molecule has 324 valence electrons. The van der Waals surface area contributed by atoms with Crippen LogP contribution in [-0.4, -0.2) is 34.0 Å². The van der Waals surface area contributed by atoms with Crippen LogP contribution in [-0.2, 0) is 44.3 Å². The number of aromatic carboxylic acids is 2. The van der Waals surface area contributed by atoms with E-state index < -0.39 is 33.6 Å². The molecule has 6 aromatic carbocycles. The fourth-order valence-corrected chi connectivity index (χ4v) is 11.6. The number of carboxylic acid groups (broad SMARTS) is 2. The number of fused-ring (bicyclic) bond motifs is 4. The number of rotatable bonds is 10. The molecule has 0 bridgehead atoms. The molecular formula is C54H48F2N2O6. The molecule has 0 radical (unpaired) electrons. The summed E-state index contributed by atoms with van der Waals surface area (Å²) in [6.45, 7) is 8.94. The number of amides is 2. The van der Waals surface area contributed by atoms with Crippen LogP contribution in [0, 0.1) is 23.5 Å². The van der Waals surface area contributed by atoms with E-state index in [1.165, 1.54) is 12.1 Å². The van der Waals surface area contributed by atoms with E-state index in [-0.39, 0.29) is 59.5 Å². The van der Waals surface area contributed by atoms with Crippen LogP contribution in [0.1, 0.15) is 94.6 Å². The zero-order chi connectivity index (χ0) is 45.3. The van der Waals surface area contributed by atoms with E-state index in [1.807, 2.05) is 72.8 Å². The largest absolute Gasteiger partial charge is 0.478 e. The Morgan fingerprint density at radius 1 is 0.531 bits per heavy atom. The number of carbonyl (C=O) groups excluding carboxylic acids is 2. The first kappa shape index (κ1) is 42.4. The van der Waals surface area contributed by atoms with E-state index in [0.29, 0.717) is 12.8 Å². The van der Waals surface area contributed by atoms with E-state index in [9.17, 15) is 38.2 Å². The van der Waals surface area contributed by atoms with Gasteiger partial charge in [-0.1, -0.05) is 113 Å². The van der Waals surface area contributed by atoms with Crippen molar-refractivity contribution in [3.8, 4) is 0 Å². The molecule has 0 unspecified atom stereocenters. The average molecular weight is 859 g/mol. The van der Waals surface area contributed by atoms with Crippen LogP contribution in [0.15, 0.2) is 146 Å². The quantitative estimate of drug-likeness (QED) is 0.142. The number of halogens is 2. The highest BCUT2D eigenvalue weighted by Crippen LogP contribution is 2.74. The highest BCUT2D eigenvalue weighted by molar-refractivity contribution is 6.13. The number of hydrogen-bond acceptors (Lipinski definition) is 4. The summed E-state index contributed by atoms with van der Waals surface area (Å²) in [5, 5.41) is 18.7. The number of anilines is 2. The van der Waals surface area contributed by atoms with Gasteiger partial charge in [-0.15, -0.1) is 0 Å². The van der Waals surface area contributed by atoms with Gasteiger partial charge in [0, 0.05) is 22.2 Å². The molecular weight excluding hydrogens is 811 g/mol. The van der Waals surface area contributed by atoms with Crippen molar-refractivity contribution in [2.24, 2.45) is 11.8 Å². The minimum Gasteiger partial charge on any atom is -0.478 e. The Hall–Kier alpha value is -6.94. The maximum atomic E-state index is 14.2. The molecule has 2 fully saturated rings. The van der Waals surface area contributed by atoms with Gasteiger partial charge in [-0.3, -0.25) is 9.59 Å². The van der Waals surface area contributed by atoms with Crippen LogP contribution in [0.2, 0.25) is 0 Å². The van der Waals surface area contributed by atoms with Gasteiger partial charge < -0.3 is 20.0 Å². The van der Waals surface area contributed by atoms with E-state index in [4.69, 9.17) is 0 Å². The Labute approximate surface area is 370 Å². The maximum Gasteiger partial charge on any atom is 0.335 e. The summed E-state index contributed by atoms with van der Waals surface area (Å²) in [7, 11) is 0. The fourth-order valence-electron chi connectivity index (χ4n) is 11.6. The highest BCUT2D eigenvalue weighted by Gasteiger charge is 2.79. The molecule has 0 aromatic heterocycles. The van der Waals surface area contributed by atoms with Gasteiger partial charge in [0.1, 0.15) is 11.6 Å². The van der Waals surface area contributed by atoms with Gasteiger partial charge in [0.25, 0.3) is 0 Å². The van der Waals surface area contributed by atoms with Crippen molar-refractivity contribution >= 4 is 35.1 Å². The van der Waals surface area contributed by atoms with Gasteiger partial charge in [0.15, 0.2) is 0 Å². The van der Waals surface area contributed by atoms with E-state index in [2.05, 4.69) is 27.7 Å². The predicted octanol–water partition coefficient (Wildman–Crippen LogP) is 10.6. The molecule has 8 nitrogen and oxygen atoms in total. The average Bonchev–Trinajstić information content (AvgIpc) is 4.16. The first-order valence-corrected chi connectivity index (χ1v) is 21.6. The third-order valence-electron chi connectivity index (χ3n) is 14.6. The smallest absolute Gasteiger partial charge is 0.335 e. The summed E-state index contributed by atoms with van der Waals surface area (Å²) in [4.78, 5) is 54.5. The van der Waals surface area contributed by atoms with Gasteiger partial charge in [0.05, 0.1) is 35.0 Å². The van der Waals surface area contributed by atoms with Crippen molar-refractivity contribution in [3.63, 3.8) is 0 Å². The molecule has 2 saturated carbocycles. The zero-order valence-electron chi connectivity index (χ0n) is 36.0. The van der Waals surface area contributed by atoms with Crippen molar-refractivity contribution < 1.29 is 38.2 Å².